The molecule has 2 aromatic carbocycles. The molecule has 27 heavy (non-hydrogen) atoms. The van der Waals surface area contributed by atoms with Crippen LogP contribution in [0.2, 0.25) is 0 Å². The maximum atomic E-state index is 12.4. The smallest absolute Gasteiger partial charge is 0.338 e. The number of ether oxygens (including phenoxy) is 2. The Balaban J connectivity index is 2.10. The number of esters is 1. The second kappa shape index (κ2) is 8.79. The van der Waals surface area contributed by atoms with E-state index >= 15 is 0 Å². The summed E-state index contributed by atoms with van der Waals surface area (Å²) < 4.78 is 9.90. The Hall–Kier alpha value is -3.42. The van der Waals surface area contributed by atoms with Gasteiger partial charge in [-0.15, -0.1) is 0 Å². The lowest BCUT2D eigenvalue weighted by atomic mass is 10.1. The SMILES string of the molecule is COC(=O)c1ccc(OCC(=O)N(C)[C@@H](C)c2ccccc2)c([N+](=O)[O-])c1. The molecule has 0 bridgehead atoms. The summed E-state index contributed by atoms with van der Waals surface area (Å²) in [4.78, 5) is 36.0. The van der Waals surface area contributed by atoms with Crippen molar-refractivity contribution in [1.82, 2.24) is 4.90 Å². The van der Waals surface area contributed by atoms with Crippen LogP contribution in [0.15, 0.2) is 48.5 Å². The van der Waals surface area contributed by atoms with E-state index in [-0.39, 0.29) is 29.9 Å². The van der Waals surface area contributed by atoms with E-state index in [4.69, 9.17) is 4.74 Å². The van der Waals surface area contributed by atoms with Crippen LogP contribution in [0.3, 0.4) is 0 Å². The summed E-state index contributed by atoms with van der Waals surface area (Å²) in [6, 6.07) is 13.0. The molecule has 0 saturated heterocycles. The summed E-state index contributed by atoms with van der Waals surface area (Å²) >= 11 is 0. The molecule has 0 heterocycles. The first kappa shape index (κ1) is 19.9. The number of nitrogens with zero attached hydrogens (tertiary/aromatic N) is 2. The fourth-order valence-electron chi connectivity index (χ4n) is 2.44. The van der Waals surface area contributed by atoms with Crippen molar-refractivity contribution >= 4 is 17.6 Å². The van der Waals surface area contributed by atoms with Gasteiger partial charge in [-0.25, -0.2) is 4.79 Å². The number of likely N-dealkylation sites (N-methyl/N-ethyl adjacent to an activating group) is 1. The van der Waals surface area contributed by atoms with Crippen LogP contribution in [0, 0.1) is 10.1 Å². The second-order valence-corrected chi connectivity index (χ2v) is 5.81. The largest absolute Gasteiger partial charge is 0.477 e. The molecule has 0 spiro atoms. The summed E-state index contributed by atoms with van der Waals surface area (Å²) in [6.45, 7) is 1.51. The lowest BCUT2D eigenvalue weighted by Gasteiger charge is -2.25. The van der Waals surface area contributed by atoms with Gasteiger partial charge in [-0.3, -0.25) is 14.9 Å². The standard InChI is InChI=1S/C19H20N2O6/c1-13(14-7-5-4-6-8-14)20(2)18(22)12-27-17-10-9-15(19(23)26-3)11-16(17)21(24)25/h4-11,13H,12H2,1-3H3/t13-/m0/s1. The Morgan fingerprint density at radius 2 is 1.85 bits per heavy atom. The predicted molar refractivity (Wildman–Crippen MR) is 97.6 cm³/mol. The first-order valence-corrected chi connectivity index (χ1v) is 8.15. The molecule has 0 unspecified atom stereocenters. The van der Waals surface area contributed by atoms with Crippen molar-refractivity contribution in [2.24, 2.45) is 0 Å². The molecule has 1 atom stereocenters. The summed E-state index contributed by atoms with van der Waals surface area (Å²) in [5.74, 6) is -1.13. The van der Waals surface area contributed by atoms with Gasteiger partial charge in [0.15, 0.2) is 12.4 Å². The first-order chi connectivity index (χ1) is 12.8. The van der Waals surface area contributed by atoms with E-state index in [2.05, 4.69) is 4.74 Å². The number of amides is 1. The first-order valence-electron chi connectivity index (χ1n) is 8.15. The quantitative estimate of drug-likeness (QED) is 0.421. The van der Waals surface area contributed by atoms with Gasteiger partial charge in [0.25, 0.3) is 5.91 Å². The molecule has 1 amide bonds. The van der Waals surface area contributed by atoms with Crippen molar-refractivity contribution in [3.05, 3.63) is 69.8 Å². The van der Waals surface area contributed by atoms with Crippen LogP contribution in [0.25, 0.3) is 0 Å². The zero-order valence-electron chi connectivity index (χ0n) is 15.2. The van der Waals surface area contributed by atoms with Crippen molar-refractivity contribution < 1.29 is 24.0 Å². The molecule has 142 valence electrons. The minimum atomic E-state index is -0.697. The number of nitro groups is 1. The van der Waals surface area contributed by atoms with Crippen molar-refractivity contribution in [1.29, 1.82) is 0 Å². The van der Waals surface area contributed by atoms with Gasteiger partial charge in [-0.1, -0.05) is 30.3 Å². The van der Waals surface area contributed by atoms with Gasteiger partial charge in [-0.2, -0.15) is 0 Å². The Morgan fingerprint density at radius 1 is 1.19 bits per heavy atom. The summed E-state index contributed by atoms with van der Waals surface area (Å²) in [6.07, 6.45) is 0. The molecule has 0 aliphatic heterocycles. The van der Waals surface area contributed by atoms with Crippen molar-refractivity contribution in [2.75, 3.05) is 20.8 Å². The van der Waals surface area contributed by atoms with Crippen LogP contribution in [0.5, 0.6) is 5.75 Å². The monoisotopic (exact) mass is 372 g/mol. The second-order valence-electron chi connectivity index (χ2n) is 5.81. The third kappa shape index (κ3) is 4.81. The molecule has 0 saturated carbocycles. The fourth-order valence-corrected chi connectivity index (χ4v) is 2.44. The summed E-state index contributed by atoms with van der Waals surface area (Å²) in [5.41, 5.74) is 0.573. The van der Waals surface area contributed by atoms with Gasteiger partial charge in [-0.05, 0) is 24.6 Å². The van der Waals surface area contributed by atoms with E-state index in [9.17, 15) is 19.7 Å². The van der Waals surface area contributed by atoms with E-state index in [1.807, 2.05) is 37.3 Å². The molecule has 8 nitrogen and oxygen atoms in total. The number of hydrogen-bond acceptors (Lipinski definition) is 6. The molecule has 0 N–H and O–H groups in total. The minimum Gasteiger partial charge on any atom is -0.477 e. The highest BCUT2D eigenvalue weighted by Crippen LogP contribution is 2.28. The Labute approximate surface area is 156 Å². The number of methoxy groups -OCH3 is 1. The van der Waals surface area contributed by atoms with E-state index in [1.54, 1.807) is 7.05 Å². The predicted octanol–water partition coefficient (Wildman–Crippen LogP) is 2.98. The molecular weight excluding hydrogens is 352 g/mol. The summed E-state index contributed by atoms with van der Waals surface area (Å²) in [5, 5.41) is 11.2. The molecule has 0 aliphatic rings. The number of hydrogen-bond donors (Lipinski definition) is 0. The van der Waals surface area contributed by atoms with Crippen molar-refractivity contribution in [3.8, 4) is 5.75 Å². The maximum absolute atomic E-state index is 12.4. The number of carbonyl (C=O) groups excluding carboxylic acids is 2. The Bertz CT molecular complexity index is 837. The highest BCUT2D eigenvalue weighted by molar-refractivity contribution is 5.90. The zero-order chi connectivity index (χ0) is 20.0. The molecular formula is C19H20N2O6. The van der Waals surface area contributed by atoms with Gasteiger partial charge in [0.05, 0.1) is 23.6 Å². The number of benzene rings is 2. The van der Waals surface area contributed by atoms with Gasteiger partial charge < -0.3 is 14.4 Å². The van der Waals surface area contributed by atoms with E-state index in [1.165, 1.54) is 24.1 Å². The molecule has 2 aromatic rings. The lowest BCUT2D eigenvalue weighted by molar-refractivity contribution is -0.385. The maximum Gasteiger partial charge on any atom is 0.338 e. The van der Waals surface area contributed by atoms with Crippen LogP contribution in [0.4, 0.5) is 5.69 Å². The van der Waals surface area contributed by atoms with Crippen LogP contribution in [-0.2, 0) is 9.53 Å². The van der Waals surface area contributed by atoms with Crippen LogP contribution in [-0.4, -0.2) is 42.5 Å². The average Bonchev–Trinajstić information content (AvgIpc) is 2.70. The minimum absolute atomic E-state index is 0.0256. The number of carbonyl (C=O) groups is 2. The lowest BCUT2D eigenvalue weighted by Crippen LogP contribution is -2.33. The van der Waals surface area contributed by atoms with Crippen LogP contribution < -0.4 is 4.74 Å². The third-order valence-corrected chi connectivity index (χ3v) is 4.18. The molecule has 8 heteroatoms. The topological polar surface area (TPSA) is 99.0 Å². The van der Waals surface area contributed by atoms with Gasteiger partial charge in [0.1, 0.15) is 0 Å². The van der Waals surface area contributed by atoms with Crippen molar-refractivity contribution in [2.45, 2.75) is 13.0 Å². The van der Waals surface area contributed by atoms with Crippen LogP contribution in [0.1, 0.15) is 28.9 Å². The zero-order valence-corrected chi connectivity index (χ0v) is 15.2. The van der Waals surface area contributed by atoms with Gasteiger partial charge in [0.2, 0.25) is 0 Å². The van der Waals surface area contributed by atoms with E-state index in [0.717, 1.165) is 11.6 Å². The highest BCUT2D eigenvalue weighted by atomic mass is 16.6. The Kier molecular flexibility index (Phi) is 6.48. The molecule has 0 aliphatic carbocycles. The molecule has 0 radical (unpaired) electrons. The normalized spacial score (nSPS) is 11.4. The van der Waals surface area contributed by atoms with Gasteiger partial charge >= 0.3 is 11.7 Å². The molecule has 0 aromatic heterocycles. The average molecular weight is 372 g/mol. The Morgan fingerprint density at radius 3 is 2.44 bits per heavy atom. The molecule has 0 fully saturated rings. The summed E-state index contributed by atoms with van der Waals surface area (Å²) in [7, 11) is 2.82. The third-order valence-electron chi connectivity index (χ3n) is 4.18. The van der Waals surface area contributed by atoms with Crippen molar-refractivity contribution in [3.63, 3.8) is 0 Å². The van der Waals surface area contributed by atoms with Crippen LogP contribution >= 0.6 is 0 Å². The van der Waals surface area contributed by atoms with E-state index < -0.39 is 16.6 Å². The highest BCUT2D eigenvalue weighted by Gasteiger charge is 2.22. The fraction of sp³-hybridized carbons (Fsp3) is 0.263. The number of nitro benzene ring substituents is 1. The van der Waals surface area contributed by atoms with E-state index in [0.29, 0.717) is 0 Å². The number of rotatable bonds is 7. The van der Waals surface area contributed by atoms with Gasteiger partial charge in [0, 0.05) is 13.1 Å². The molecule has 2 rings (SSSR count).